The first-order valence-electron chi connectivity index (χ1n) is 7.44. The molecule has 2 rings (SSSR count). The number of halogens is 2. The summed E-state index contributed by atoms with van der Waals surface area (Å²) in [6.07, 6.45) is 2.30. The summed E-state index contributed by atoms with van der Waals surface area (Å²) >= 11 is 0. The predicted molar refractivity (Wildman–Crippen MR) is 97.5 cm³/mol. The van der Waals surface area contributed by atoms with Crippen LogP contribution < -0.4 is 16.0 Å². The van der Waals surface area contributed by atoms with Crippen molar-refractivity contribution in [3.63, 3.8) is 0 Å². The van der Waals surface area contributed by atoms with Crippen LogP contribution in [0.1, 0.15) is 24.0 Å². The number of carbonyl (C=O) groups is 1. The van der Waals surface area contributed by atoms with Gasteiger partial charge in [0.1, 0.15) is 0 Å². The Morgan fingerprint density at radius 1 is 1.27 bits per heavy atom. The summed E-state index contributed by atoms with van der Waals surface area (Å²) in [5.74, 6) is 0.792. The third-order valence-corrected chi connectivity index (χ3v) is 3.94. The van der Waals surface area contributed by atoms with Crippen molar-refractivity contribution in [3.8, 4) is 0 Å². The molecule has 1 aromatic carbocycles. The molecule has 1 unspecified atom stereocenters. The van der Waals surface area contributed by atoms with E-state index in [-0.39, 0.29) is 30.7 Å². The van der Waals surface area contributed by atoms with Crippen LogP contribution in [0.2, 0.25) is 0 Å². The second kappa shape index (κ2) is 10.7. The number of hydrogen-bond acceptors (Lipinski definition) is 3. The number of anilines is 1. The van der Waals surface area contributed by atoms with Crippen LogP contribution in [0.5, 0.6) is 0 Å². The fourth-order valence-electron chi connectivity index (χ4n) is 2.70. The number of para-hydroxylation sites is 1. The third-order valence-electron chi connectivity index (χ3n) is 3.94. The fraction of sp³-hybridized carbons (Fsp3) is 0.562. The molecule has 1 aliphatic heterocycles. The molecule has 0 radical (unpaired) electrons. The third kappa shape index (κ3) is 6.42. The maximum Gasteiger partial charge on any atom is 0.239 e. The molecule has 1 atom stereocenters. The summed E-state index contributed by atoms with van der Waals surface area (Å²) in [6, 6.07) is 6.15. The number of carbonyl (C=O) groups excluding carboxylic acids is 1. The van der Waals surface area contributed by atoms with Gasteiger partial charge in [0, 0.05) is 12.2 Å². The molecule has 4 nitrogen and oxygen atoms in total. The van der Waals surface area contributed by atoms with Crippen LogP contribution in [0.4, 0.5) is 5.69 Å². The quantitative estimate of drug-likeness (QED) is 0.741. The zero-order valence-electron chi connectivity index (χ0n) is 13.3. The Balaban J connectivity index is 0.00000220. The van der Waals surface area contributed by atoms with Crippen molar-refractivity contribution in [2.45, 2.75) is 26.7 Å². The predicted octanol–water partition coefficient (Wildman–Crippen LogP) is 2.67. The highest BCUT2D eigenvalue weighted by atomic mass is 35.5. The van der Waals surface area contributed by atoms with Crippen LogP contribution in [-0.2, 0) is 4.79 Å². The number of rotatable bonds is 6. The van der Waals surface area contributed by atoms with E-state index in [4.69, 9.17) is 0 Å². The summed E-state index contributed by atoms with van der Waals surface area (Å²) in [5.41, 5.74) is 3.42. The molecule has 0 spiro atoms. The average molecular weight is 348 g/mol. The monoisotopic (exact) mass is 347 g/mol. The van der Waals surface area contributed by atoms with Crippen molar-refractivity contribution in [2.24, 2.45) is 5.92 Å². The van der Waals surface area contributed by atoms with Gasteiger partial charge in [-0.15, -0.1) is 24.8 Å². The van der Waals surface area contributed by atoms with Crippen LogP contribution in [0, 0.1) is 19.8 Å². The smallest absolute Gasteiger partial charge is 0.239 e. The van der Waals surface area contributed by atoms with Crippen molar-refractivity contribution in [1.82, 2.24) is 10.6 Å². The van der Waals surface area contributed by atoms with Gasteiger partial charge in [0.05, 0.1) is 6.54 Å². The molecule has 0 bridgehead atoms. The summed E-state index contributed by atoms with van der Waals surface area (Å²) < 4.78 is 0. The molecule has 3 N–H and O–H groups in total. The average Bonchev–Trinajstić information content (AvgIpc) is 2.91. The first kappa shape index (κ1) is 21.0. The first-order chi connectivity index (χ1) is 9.66. The fourth-order valence-corrected chi connectivity index (χ4v) is 2.70. The molecule has 126 valence electrons. The molecule has 0 aliphatic carbocycles. The highest BCUT2D eigenvalue weighted by molar-refractivity contribution is 5.85. The Labute approximate surface area is 145 Å². The summed E-state index contributed by atoms with van der Waals surface area (Å²) in [4.78, 5) is 11.8. The van der Waals surface area contributed by atoms with Gasteiger partial charge in [-0.1, -0.05) is 18.2 Å². The SMILES string of the molecule is Cc1cccc(C)c1NCC(=O)NCCC1CCNC1.Cl.Cl. The number of amides is 1. The Hall–Kier alpha value is -0.970. The van der Waals surface area contributed by atoms with Crippen molar-refractivity contribution >= 4 is 36.4 Å². The Morgan fingerprint density at radius 2 is 1.95 bits per heavy atom. The maximum atomic E-state index is 11.8. The minimum absolute atomic E-state index is 0. The molecule has 1 saturated heterocycles. The van der Waals surface area contributed by atoms with E-state index >= 15 is 0 Å². The number of aryl methyl sites for hydroxylation is 2. The molecular weight excluding hydrogens is 321 g/mol. The minimum Gasteiger partial charge on any atom is -0.376 e. The van der Waals surface area contributed by atoms with Gasteiger partial charge < -0.3 is 16.0 Å². The van der Waals surface area contributed by atoms with Gasteiger partial charge in [0.2, 0.25) is 5.91 Å². The number of hydrogen-bond donors (Lipinski definition) is 3. The largest absolute Gasteiger partial charge is 0.376 e. The van der Waals surface area contributed by atoms with Gasteiger partial charge in [-0.25, -0.2) is 0 Å². The van der Waals surface area contributed by atoms with Crippen molar-refractivity contribution < 1.29 is 4.79 Å². The van der Waals surface area contributed by atoms with Crippen LogP contribution >= 0.6 is 24.8 Å². The molecule has 1 heterocycles. The normalized spacial score (nSPS) is 16.4. The van der Waals surface area contributed by atoms with E-state index in [1.165, 1.54) is 17.5 Å². The van der Waals surface area contributed by atoms with Gasteiger partial charge in [0.15, 0.2) is 0 Å². The lowest BCUT2D eigenvalue weighted by Crippen LogP contribution is -2.31. The van der Waals surface area contributed by atoms with Crippen molar-refractivity contribution in [1.29, 1.82) is 0 Å². The lowest BCUT2D eigenvalue weighted by molar-refractivity contribution is -0.119. The molecular formula is C16H27Cl2N3O. The van der Waals surface area contributed by atoms with E-state index in [9.17, 15) is 4.79 Å². The summed E-state index contributed by atoms with van der Waals surface area (Å²) in [5, 5.41) is 9.57. The van der Waals surface area contributed by atoms with E-state index < -0.39 is 0 Å². The molecule has 0 saturated carbocycles. The Bertz CT molecular complexity index is 442. The lowest BCUT2D eigenvalue weighted by Gasteiger charge is -2.13. The van der Waals surface area contributed by atoms with Crippen LogP contribution in [0.3, 0.4) is 0 Å². The minimum atomic E-state index is 0. The van der Waals surface area contributed by atoms with Gasteiger partial charge in [-0.3, -0.25) is 4.79 Å². The molecule has 0 aromatic heterocycles. The number of nitrogens with one attached hydrogen (secondary N) is 3. The Kier molecular flexibility index (Phi) is 10.2. The maximum absolute atomic E-state index is 11.8. The first-order valence-corrected chi connectivity index (χ1v) is 7.44. The number of benzene rings is 1. The molecule has 1 amide bonds. The van der Waals surface area contributed by atoms with E-state index in [2.05, 4.69) is 41.9 Å². The molecule has 22 heavy (non-hydrogen) atoms. The van der Waals surface area contributed by atoms with E-state index in [1.54, 1.807) is 0 Å². The standard InChI is InChI=1S/C16H25N3O.2ClH/c1-12-4-3-5-13(2)16(12)19-11-15(20)18-9-7-14-6-8-17-10-14;;/h3-5,14,17,19H,6-11H2,1-2H3,(H,18,20);2*1H. The summed E-state index contributed by atoms with van der Waals surface area (Å²) in [7, 11) is 0. The van der Waals surface area contributed by atoms with Crippen molar-refractivity contribution in [2.75, 3.05) is 31.5 Å². The highest BCUT2D eigenvalue weighted by Gasteiger charge is 2.14. The van der Waals surface area contributed by atoms with Crippen LogP contribution in [0.15, 0.2) is 18.2 Å². The van der Waals surface area contributed by atoms with E-state index in [0.717, 1.165) is 37.7 Å². The van der Waals surface area contributed by atoms with Crippen LogP contribution in [-0.4, -0.2) is 32.1 Å². The van der Waals surface area contributed by atoms with Crippen molar-refractivity contribution in [3.05, 3.63) is 29.3 Å². The zero-order chi connectivity index (χ0) is 14.4. The zero-order valence-corrected chi connectivity index (χ0v) is 14.9. The molecule has 1 aliphatic rings. The highest BCUT2D eigenvalue weighted by Crippen LogP contribution is 2.18. The Morgan fingerprint density at radius 3 is 2.55 bits per heavy atom. The molecule has 6 heteroatoms. The molecule has 1 aromatic rings. The lowest BCUT2D eigenvalue weighted by atomic mass is 10.1. The second-order valence-corrected chi connectivity index (χ2v) is 5.62. The van der Waals surface area contributed by atoms with Gasteiger partial charge in [-0.2, -0.15) is 0 Å². The van der Waals surface area contributed by atoms with Gasteiger partial charge >= 0.3 is 0 Å². The van der Waals surface area contributed by atoms with Gasteiger partial charge in [0.25, 0.3) is 0 Å². The van der Waals surface area contributed by atoms with Gasteiger partial charge in [-0.05, 0) is 56.8 Å². The second-order valence-electron chi connectivity index (χ2n) is 5.62. The van der Waals surface area contributed by atoms with E-state index in [1.807, 2.05) is 6.07 Å². The topological polar surface area (TPSA) is 53.2 Å². The van der Waals surface area contributed by atoms with Crippen LogP contribution in [0.25, 0.3) is 0 Å². The van der Waals surface area contributed by atoms with E-state index in [0.29, 0.717) is 6.54 Å². The summed E-state index contributed by atoms with van der Waals surface area (Å²) in [6.45, 7) is 7.44. The molecule has 1 fully saturated rings.